The number of hydrogen-bond donors (Lipinski definition) is 1. The van der Waals surface area contributed by atoms with E-state index in [0.29, 0.717) is 28.6 Å². The molecule has 2 N–H and O–H groups in total. The van der Waals surface area contributed by atoms with Crippen LogP contribution >= 0.6 is 15.9 Å². The first-order chi connectivity index (χ1) is 16.2. The topological polar surface area (TPSA) is 67.8 Å². The van der Waals surface area contributed by atoms with Gasteiger partial charge in [0.25, 0.3) is 0 Å². The third-order valence-corrected chi connectivity index (χ3v) is 6.31. The van der Waals surface area contributed by atoms with Gasteiger partial charge in [-0.3, -0.25) is 15.5 Å². The summed E-state index contributed by atoms with van der Waals surface area (Å²) in [5, 5.41) is 0. The maximum atomic E-state index is 15.1. The summed E-state index contributed by atoms with van der Waals surface area (Å²) in [6.45, 7) is 3.56. The van der Waals surface area contributed by atoms with Gasteiger partial charge in [-0.15, -0.1) is 0 Å². The molecule has 1 aliphatic heterocycles. The van der Waals surface area contributed by atoms with Crippen LogP contribution in [0.1, 0.15) is 50.5 Å². The number of allylic oxidation sites excluding steroid dienone is 1. The maximum absolute atomic E-state index is 15.1. The van der Waals surface area contributed by atoms with Crippen molar-refractivity contribution in [3.05, 3.63) is 74.3 Å². The zero-order valence-electron chi connectivity index (χ0n) is 18.6. The molecule has 2 aromatic rings. The van der Waals surface area contributed by atoms with Gasteiger partial charge in [0, 0.05) is 40.3 Å². The summed E-state index contributed by atoms with van der Waals surface area (Å²) in [6.07, 6.45) is -2.68. The fourth-order valence-corrected chi connectivity index (χ4v) is 4.06. The molecule has 0 saturated heterocycles. The van der Waals surface area contributed by atoms with E-state index >= 15 is 4.39 Å². The van der Waals surface area contributed by atoms with Crippen molar-refractivity contribution in [3.63, 3.8) is 0 Å². The van der Waals surface area contributed by atoms with Crippen molar-refractivity contribution in [3.8, 4) is 0 Å². The molecule has 0 radical (unpaired) electrons. The minimum Gasteiger partial charge on any atom is -0.285 e. The van der Waals surface area contributed by atoms with Crippen molar-refractivity contribution >= 4 is 39.6 Å². The van der Waals surface area contributed by atoms with Crippen LogP contribution in [0.2, 0.25) is 0 Å². The molecule has 4 nitrogen and oxygen atoms in total. The number of Topliss-reactive ketones (excluding diaryl/α,β-unsaturated/α-hetero) is 1. The van der Waals surface area contributed by atoms with E-state index in [-0.39, 0.29) is 17.9 Å². The summed E-state index contributed by atoms with van der Waals surface area (Å²) in [7, 11) is 0. The van der Waals surface area contributed by atoms with Gasteiger partial charge in [-0.2, -0.15) is 22.0 Å². The Morgan fingerprint density at radius 1 is 1.14 bits per heavy atom. The SMILES string of the molecule is Cc1cc(C(/C=C(\F)c2ccc(C(=O)C3=NCCC=N3)c(C(N)(F)F)c2)C(F)(F)F)cc(Br)c1C. The van der Waals surface area contributed by atoms with E-state index in [4.69, 9.17) is 5.73 Å². The Morgan fingerprint density at radius 3 is 2.37 bits per heavy atom. The highest BCUT2D eigenvalue weighted by molar-refractivity contribution is 9.10. The number of aliphatic imine (C=N–C) groups is 2. The third-order valence-electron chi connectivity index (χ3n) is 5.49. The predicted octanol–water partition coefficient (Wildman–Crippen LogP) is 6.79. The molecule has 0 aromatic heterocycles. The molecule has 0 saturated carbocycles. The number of rotatable bonds is 6. The lowest BCUT2D eigenvalue weighted by Gasteiger charge is -2.20. The first-order valence-electron chi connectivity index (χ1n) is 10.3. The molecule has 11 heteroatoms. The Bertz CT molecular complexity index is 1220. The highest BCUT2D eigenvalue weighted by Gasteiger charge is 2.40. The monoisotopic (exact) mass is 559 g/mol. The Labute approximate surface area is 205 Å². The smallest absolute Gasteiger partial charge is 0.285 e. The van der Waals surface area contributed by atoms with Gasteiger partial charge in [0.2, 0.25) is 5.78 Å². The number of alkyl halides is 5. The number of nitrogens with zero attached hydrogens (tertiary/aromatic N) is 2. The minimum atomic E-state index is -4.87. The predicted molar refractivity (Wildman–Crippen MR) is 126 cm³/mol. The highest BCUT2D eigenvalue weighted by Crippen LogP contribution is 2.40. The Morgan fingerprint density at radius 2 is 1.83 bits per heavy atom. The van der Waals surface area contributed by atoms with Gasteiger partial charge < -0.3 is 0 Å². The van der Waals surface area contributed by atoms with E-state index in [1.54, 1.807) is 13.8 Å². The number of nitrogens with two attached hydrogens (primary N) is 1. The lowest BCUT2D eigenvalue weighted by molar-refractivity contribution is -0.139. The number of benzene rings is 2. The Kier molecular flexibility index (Phi) is 7.71. The van der Waals surface area contributed by atoms with Crippen molar-refractivity contribution in [2.75, 3.05) is 6.54 Å². The number of ketones is 1. The Balaban J connectivity index is 2.09. The number of carbonyl (C=O) groups is 1. The van der Waals surface area contributed by atoms with E-state index < -0.39 is 46.4 Å². The molecule has 186 valence electrons. The van der Waals surface area contributed by atoms with E-state index in [9.17, 15) is 26.7 Å². The van der Waals surface area contributed by atoms with Crippen LogP contribution in [-0.4, -0.2) is 30.6 Å². The fraction of sp³-hybridized carbons (Fsp3) is 0.292. The first-order valence-corrected chi connectivity index (χ1v) is 11.1. The molecule has 0 amide bonds. The molecule has 1 heterocycles. The minimum absolute atomic E-state index is 0.230. The number of halogens is 7. The van der Waals surface area contributed by atoms with Crippen LogP contribution in [-0.2, 0) is 6.05 Å². The van der Waals surface area contributed by atoms with Crippen molar-refractivity contribution in [1.82, 2.24) is 0 Å². The second kappa shape index (κ2) is 10.1. The molecular weight excluding hydrogens is 540 g/mol. The van der Waals surface area contributed by atoms with Crippen LogP contribution in [0.15, 0.2) is 50.9 Å². The summed E-state index contributed by atoms with van der Waals surface area (Å²) in [6, 6.07) is 0.818. The number of carbonyl (C=O) groups excluding carboxylic acids is 1. The van der Waals surface area contributed by atoms with Crippen molar-refractivity contribution < 1.29 is 31.1 Å². The van der Waals surface area contributed by atoms with Crippen LogP contribution < -0.4 is 5.73 Å². The zero-order valence-corrected chi connectivity index (χ0v) is 20.1. The molecule has 35 heavy (non-hydrogen) atoms. The number of amidine groups is 1. The van der Waals surface area contributed by atoms with Crippen molar-refractivity contribution in [2.24, 2.45) is 15.7 Å². The van der Waals surface area contributed by atoms with E-state index in [2.05, 4.69) is 25.9 Å². The zero-order chi connectivity index (χ0) is 26.1. The lowest BCUT2D eigenvalue weighted by atomic mass is 9.92. The molecule has 1 atom stereocenters. The number of hydrogen-bond acceptors (Lipinski definition) is 4. The first kappa shape index (κ1) is 26.8. The molecule has 0 fully saturated rings. The molecule has 1 unspecified atom stereocenters. The average molecular weight is 560 g/mol. The van der Waals surface area contributed by atoms with Gasteiger partial charge in [-0.05, 0) is 54.8 Å². The molecule has 0 bridgehead atoms. The van der Waals surface area contributed by atoms with Crippen LogP contribution in [0.25, 0.3) is 5.83 Å². The van der Waals surface area contributed by atoms with Gasteiger partial charge >= 0.3 is 12.2 Å². The van der Waals surface area contributed by atoms with Gasteiger partial charge in [0.05, 0.1) is 0 Å². The van der Waals surface area contributed by atoms with Gasteiger partial charge in [-0.25, -0.2) is 9.38 Å². The summed E-state index contributed by atoms with van der Waals surface area (Å²) >= 11 is 3.20. The summed E-state index contributed by atoms with van der Waals surface area (Å²) in [5.41, 5.74) is 3.75. The normalized spacial score (nSPS) is 15.7. The second-order valence-electron chi connectivity index (χ2n) is 8.00. The summed E-state index contributed by atoms with van der Waals surface area (Å²) in [5.74, 6) is -5.03. The van der Waals surface area contributed by atoms with E-state index in [1.165, 1.54) is 18.3 Å². The van der Waals surface area contributed by atoms with Crippen LogP contribution in [0, 0.1) is 13.8 Å². The van der Waals surface area contributed by atoms with Crippen molar-refractivity contribution in [1.29, 1.82) is 0 Å². The molecule has 0 aliphatic carbocycles. The third kappa shape index (κ3) is 6.07. The molecule has 2 aromatic carbocycles. The summed E-state index contributed by atoms with van der Waals surface area (Å²) in [4.78, 5) is 20.3. The quantitative estimate of drug-likeness (QED) is 0.240. The molecular formula is C24H20BrF6N3O. The molecule has 3 rings (SSSR count). The average Bonchev–Trinajstić information content (AvgIpc) is 2.79. The van der Waals surface area contributed by atoms with Gasteiger partial charge in [0.15, 0.2) is 5.84 Å². The van der Waals surface area contributed by atoms with Crippen molar-refractivity contribution in [2.45, 2.75) is 38.4 Å². The van der Waals surface area contributed by atoms with Gasteiger partial charge in [-0.1, -0.05) is 28.1 Å². The van der Waals surface area contributed by atoms with E-state index in [0.717, 1.165) is 17.7 Å². The Hall–Kier alpha value is -2.79. The molecule has 1 aliphatic rings. The lowest BCUT2D eigenvalue weighted by Crippen LogP contribution is -2.29. The standard InChI is InChI=1S/C24H20BrF6N3O/c1-12-8-15(10-19(25)13(12)2)17(23(27,28)29)11-20(26)14-4-5-16(18(9-14)24(30,31)32)21(35)22-33-6-3-7-34-22/h4-6,8-11,17H,3,7,32H2,1-2H3/b20-11-. The second-order valence-corrected chi connectivity index (χ2v) is 8.85. The van der Waals surface area contributed by atoms with Crippen LogP contribution in [0.5, 0.6) is 0 Å². The summed E-state index contributed by atoms with van der Waals surface area (Å²) < 4.78 is 85.3. The fourth-order valence-electron chi connectivity index (χ4n) is 3.48. The van der Waals surface area contributed by atoms with Crippen LogP contribution in [0.4, 0.5) is 26.3 Å². The van der Waals surface area contributed by atoms with Crippen LogP contribution in [0.3, 0.4) is 0 Å². The van der Waals surface area contributed by atoms with E-state index in [1.807, 2.05) is 0 Å². The molecule has 0 spiro atoms. The maximum Gasteiger partial charge on any atom is 0.399 e. The van der Waals surface area contributed by atoms with Gasteiger partial charge in [0.1, 0.15) is 11.7 Å². The number of aryl methyl sites for hydroxylation is 1. The largest absolute Gasteiger partial charge is 0.399 e. The highest BCUT2D eigenvalue weighted by atomic mass is 79.9.